The van der Waals surface area contributed by atoms with Crippen molar-refractivity contribution in [1.82, 2.24) is 0 Å². The van der Waals surface area contributed by atoms with E-state index in [4.69, 9.17) is 8.83 Å². The molecule has 34 heavy (non-hydrogen) atoms. The number of hydrogen-bond acceptors (Lipinski definition) is 6. The highest BCUT2D eigenvalue weighted by Crippen LogP contribution is 2.34. The van der Waals surface area contributed by atoms with E-state index in [1.807, 2.05) is 36.4 Å². The molecule has 0 atom stereocenters. The normalized spacial score (nSPS) is 11.2. The molecule has 0 unspecified atom stereocenters. The van der Waals surface area contributed by atoms with Gasteiger partial charge in [-0.3, -0.25) is 0 Å². The summed E-state index contributed by atoms with van der Waals surface area (Å²) in [6.45, 7) is 6.04. The van der Waals surface area contributed by atoms with Gasteiger partial charge in [-0.2, -0.15) is 0 Å². The number of nitrogens with zero attached hydrogens (tertiary/aromatic N) is 1. The van der Waals surface area contributed by atoms with Crippen LogP contribution >= 0.6 is 0 Å². The lowest BCUT2D eigenvalue weighted by molar-refractivity contribution is 0.473. The summed E-state index contributed by atoms with van der Waals surface area (Å²) >= 11 is 0. The van der Waals surface area contributed by atoms with Crippen molar-refractivity contribution in [2.24, 2.45) is 0 Å². The maximum absolute atomic E-state index is 12.8. The zero-order valence-corrected chi connectivity index (χ0v) is 18.9. The second-order valence-electron chi connectivity index (χ2n) is 8.05. The molecule has 2 heterocycles. The molecule has 0 bridgehead atoms. The van der Waals surface area contributed by atoms with Crippen LogP contribution < -0.4 is 16.2 Å². The molecule has 6 nitrogen and oxygen atoms in total. The topological polar surface area (TPSA) is 83.9 Å². The zero-order valence-electron chi connectivity index (χ0n) is 18.9. The van der Waals surface area contributed by atoms with E-state index in [2.05, 4.69) is 18.7 Å². The van der Waals surface area contributed by atoms with Crippen LogP contribution in [0, 0.1) is 0 Å². The molecule has 170 valence electrons. The van der Waals surface area contributed by atoms with Crippen molar-refractivity contribution >= 4 is 27.6 Å². The van der Waals surface area contributed by atoms with E-state index in [1.165, 1.54) is 18.2 Å². The molecule has 0 fully saturated rings. The highest BCUT2D eigenvalue weighted by atomic mass is 16.4. The van der Waals surface area contributed by atoms with Crippen molar-refractivity contribution in [2.45, 2.75) is 13.8 Å². The lowest BCUT2D eigenvalue weighted by atomic mass is 9.97. The van der Waals surface area contributed by atoms with Gasteiger partial charge < -0.3 is 18.8 Å². The highest BCUT2D eigenvalue weighted by Gasteiger charge is 2.16. The average Bonchev–Trinajstić information content (AvgIpc) is 2.84. The molecule has 0 aliphatic heterocycles. The number of aromatic hydroxyl groups is 1. The molecule has 5 aromatic rings. The van der Waals surface area contributed by atoms with Gasteiger partial charge in [0.1, 0.15) is 16.9 Å². The number of rotatable bonds is 5. The Morgan fingerprint density at radius 1 is 0.794 bits per heavy atom. The maximum atomic E-state index is 12.8. The van der Waals surface area contributed by atoms with Gasteiger partial charge in [0.2, 0.25) is 0 Å². The number of para-hydroxylation sites is 1. The lowest BCUT2D eigenvalue weighted by Gasteiger charge is -2.21. The van der Waals surface area contributed by atoms with Gasteiger partial charge in [-0.15, -0.1) is 0 Å². The van der Waals surface area contributed by atoms with Gasteiger partial charge in [-0.25, -0.2) is 9.59 Å². The fourth-order valence-electron chi connectivity index (χ4n) is 4.36. The molecular formula is C28H23NO5. The Morgan fingerprint density at radius 3 is 2.29 bits per heavy atom. The second-order valence-corrected chi connectivity index (χ2v) is 8.05. The molecule has 0 amide bonds. The Bertz CT molecular complexity index is 1630. The third-order valence-electron chi connectivity index (χ3n) is 6.09. The van der Waals surface area contributed by atoms with Crippen LogP contribution in [0.1, 0.15) is 13.8 Å². The molecule has 2 aromatic heterocycles. The quantitative estimate of drug-likeness (QED) is 0.339. The molecule has 1 N–H and O–H groups in total. The van der Waals surface area contributed by atoms with E-state index >= 15 is 0 Å². The SMILES string of the molecule is CCN(CC)c1ccc(-c2cc(=O)oc3c(-c4cc5ccc(O)cc5oc4=O)cccc23)cc1. The molecule has 5 rings (SSSR count). The molecule has 0 radical (unpaired) electrons. The number of hydrogen-bond donors (Lipinski definition) is 1. The molecule has 0 aliphatic rings. The summed E-state index contributed by atoms with van der Waals surface area (Å²) in [5.41, 5.74) is 3.00. The Balaban J connectivity index is 1.70. The molecule has 0 saturated carbocycles. The Kier molecular flexibility index (Phi) is 5.42. The number of anilines is 1. The smallest absolute Gasteiger partial charge is 0.344 e. The van der Waals surface area contributed by atoms with Crippen LogP contribution in [0.4, 0.5) is 5.69 Å². The largest absolute Gasteiger partial charge is 0.508 e. The predicted octanol–water partition coefficient (Wildman–Crippen LogP) is 5.79. The van der Waals surface area contributed by atoms with Crippen molar-refractivity contribution in [2.75, 3.05) is 18.0 Å². The summed E-state index contributed by atoms with van der Waals surface area (Å²) in [5.74, 6) is 0.0104. The molecule has 0 aliphatic carbocycles. The molecule has 0 saturated heterocycles. The van der Waals surface area contributed by atoms with Gasteiger partial charge >= 0.3 is 11.3 Å². The molecule has 0 spiro atoms. The summed E-state index contributed by atoms with van der Waals surface area (Å²) in [4.78, 5) is 27.6. The van der Waals surface area contributed by atoms with E-state index in [9.17, 15) is 14.7 Å². The highest BCUT2D eigenvalue weighted by molar-refractivity contribution is 6.01. The standard InChI is InChI=1S/C28H23NO5/c1-3-29(4-2)19-11-8-17(9-12-19)23-16-26(31)34-27-21(23)6-5-7-22(27)24-14-18-10-13-20(30)15-25(18)33-28(24)32/h5-16,30H,3-4H2,1-2H3. The van der Waals surface area contributed by atoms with Crippen molar-refractivity contribution < 1.29 is 13.9 Å². The van der Waals surface area contributed by atoms with Gasteiger partial charge in [0.25, 0.3) is 0 Å². The van der Waals surface area contributed by atoms with Crippen LogP contribution in [0.5, 0.6) is 5.75 Å². The van der Waals surface area contributed by atoms with E-state index in [0.29, 0.717) is 16.5 Å². The predicted molar refractivity (Wildman–Crippen MR) is 135 cm³/mol. The lowest BCUT2D eigenvalue weighted by Crippen LogP contribution is -2.21. The number of benzene rings is 3. The van der Waals surface area contributed by atoms with Crippen molar-refractivity contribution in [3.05, 3.63) is 93.6 Å². The van der Waals surface area contributed by atoms with Crippen LogP contribution in [-0.2, 0) is 0 Å². The van der Waals surface area contributed by atoms with Crippen LogP contribution in [0.3, 0.4) is 0 Å². The van der Waals surface area contributed by atoms with E-state index in [1.54, 1.807) is 18.2 Å². The maximum Gasteiger partial charge on any atom is 0.344 e. The molecule has 3 aromatic carbocycles. The summed E-state index contributed by atoms with van der Waals surface area (Å²) in [6, 6.07) is 21.2. The van der Waals surface area contributed by atoms with Crippen molar-refractivity contribution in [3.63, 3.8) is 0 Å². The third-order valence-corrected chi connectivity index (χ3v) is 6.09. The fraction of sp³-hybridized carbons (Fsp3) is 0.143. The van der Waals surface area contributed by atoms with E-state index < -0.39 is 11.3 Å². The minimum absolute atomic E-state index is 0.0104. The fourth-order valence-corrected chi connectivity index (χ4v) is 4.36. The third kappa shape index (κ3) is 3.73. The minimum Gasteiger partial charge on any atom is -0.508 e. The second kappa shape index (κ2) is 8.56. The van der Waals surface area contributed by atoms with Gasteiger partial charge in [-0.05, 0) is 55.3 Å². The Hall–Kier alpha value is -4.32. The Labute approximate surface area is 195 Å². The summed E-state index contributed by atoms with van der Waals surface area (Å²) in [5, 5.41) is 11.0. The summed E-state index contributed by atoms with van der Waals surface area (Å²) in [7, 11) is 0. The first kappa shape index (κ1) is 21.5. The van der Waals surface area contributed by atoms with Crippen molar-refractivity contribution in [3.8, 4) is 28.0 Å². The minimum atomic E-state index is -0.581. The summed E-state index contributed by atoms with van der Waals surface area (Å²) < 4.78 is 11.0. The summed E-state index contributed by atoms with van der Waals surface area (Å²) in [6.07, 6.45) is 0. The van der Waals surface area contributed by atoms with Gasteiger partial charge in [-0.1, -0.05) is 30.3 Å². The van der Waals surface area contributed by atoms with Gasteiger partial charge in [0, 0.05) is 47.2 Å². The van der Waals surface area contributed by atoms with Crippen LogP contribution in [-0.4, -0.2) is 18.2 Å². The number of phenolic OH excluding ortho intramolecular Hbond substituents is 1. The Morgan fingerprint density at radius 2 is 1.56 bits per heavy atom. The van der Waals surface area contributed by atoms with Gasteiger partial charge in [0.05, 0.1) is 5.56 Å². The number of phenols is 1. The van der Waals surface area contributed by atoms with Crippen LogP contribution in [0.2, 0.25) is 0 Å². The molecular weight excluding hydrogens is 430 g/mol. The first-order valence-electron chi connectivity index (χ1n) is 11.2. The van der Waals surface area contributed by atoms with Crippen LogP contribution in [0.25, 0.3) is 44.2 Å². The first-order chi connectivity index (χ1) is 16.5. The monoisotopic (exact) mass is 453 g/mol. The van der Waals surface area contributed by atoms with E-state index in [0.717, 1.165) is 35.3 Å². The zero-order chi connectivity index (χ0) is 23.8. The van der Waals surface area contributed by atoms with E-state index in [-0.39, 0.29) is 16.9 Å². The first-order valence-corrected chi connectivity index (χ1v) is 11.2. The molecule has 6 heteroatoms. The van der Waals surface area contributed by atoms with Crippen molar-refractivity contribution in [1.29, 1.82) is 0 Å². The van der Waals surface area contributed by atoms with Crippen LogP contribution in [0.15, 0.2) is 91.2 Å². The average molecular weight is 453 g/mol. The number of fused-ring (bicyclic) bond motifs is 2. The van der Waals surface area contributed by atoms with Gasteiger partial charge in [0.15, 0.2) is 0 Å².